The van der Waals surface area contributed by atoms with E-state index < -0.39 is 0 Å². The lowest BCUT2D eigenvalue weighted by molar-refractivity contribution is 0.851. The van der Waals surface area contributed by atoms with Crippen LogP contribution in [0.1, 0.15) is 10.9 Å². The molecule has 108 valence electrons. The van der Waals surface area contributed by atoms with Crippen molar-refractivity contribution >= 4 is 28.3 Å². The molecule has 21 heavy (non-hydrogen) atoms. The zero-order valence-electron chi connectivity index (χ0n) is 12.2. The van der Waals surface area contributed by atoms with Gasteiger partial charge in [0.1, 0.15) is 0 Å². The second-order valence-corrected chi connectivity index (χ2v) is 5.81. The Labute approximate surface area is 129 Å². The summed E-state index contributed by atoms with van der Waals surface area (Å²) in [6.45, 7) is 0.754. The summed E-state index contributed by atoms with van der Waals surface area (Å²) in [6.07, 6.45) is 1.83. The van der Waals surface area contributed by atoms with Gasteiger partial charge in [-0.2, -0.15) is 0 Å². The molecule has 0 aliphatic rings. The topological polar surface area (TPSA) is 21.1 Å². The largest absolute Gasteiger partial charge is 0.373 e. The molecule has 3 rings (SSSR count). The molecule has 3 nitrogen and oxygen atoms in total. The number of aromatic nitrogens is 2. The number of para-hydroxylation sites is 1. The summed E-state index contributed by atoms with van der Waals surface area (Å²) in [6, 6.07) is 16.5. The molecular weight excluding hydrogens is 282 g/mol. The lowest BCUT2D eigenvalue weighted by Crippen LogP contribution is -2.21. The lowest BCUT2D eigenvalue weighted by atomic mass is 10.1. The van der Waals surface area contributed by atoms with Gasteiger partial charge in [-0.15, -0.1) is 11.6 Å². The van der Waals surface area contributed by atoms with Crippen LogP contribution in [0.2, 0.25) is 0 Å². The van der Waals surface area contributed by atoms with E-state index in [9.17, 15) is 0 Å². The quantitative estimate of drug-likeness (QED) is 0.679. The van der Waals surface area contributed by atoms with E-state index in [-0.39, 0.29) is 5.38 Å². The van der Waals surface area contributed by atoms with E-state index in [0.717, 1.165) is 23.1 Å². The molecule has 1 heterocycles. The molecule has 0 aliphatic heterocycles. The predicted molar refractivity (Wildman–Crippen MR) is 89.0 cm³/mol. The van der Waals surface area contributed by atoms with Crippen molar-refractivity contribution in [3.63, 3.8) is 0 Å². The van der Waals surface area contributed by atoms with Gasteiger partial charge >= 0.3 is 0 Å². The molecule has 0 bridgehead atoms. The number of likely N-dealkylation sites (N-methyl/N-ethyl adjacent to an activating group) is 1. The molecule has 0 fully saturated rings. The Morgan fingerprint density at radius 3 is 2.71 bits per heavy atom. The standard InChI is InChI=1S/C17H18ClN3/c1-20(14-6-4-3-5-7-14)11-15(18)13-8-9-17-16(10-13)19-12-21(17)2/h3-10,12,15H,11H2,1-2H3. The summed E-state index contributed by atoms with van der Waals surface area (Å²) in [5.41, 5.74) is 4.38. The number of hydrogen-bond acceptors (Lipinski definition) is 2. The number of hydrogen-bond donors (Lipinski definition) is 0. The number of alkyl halides is 1. The van der Waals surface area contributed by atoms with Gasteiger partial charge in [-0.1, -0.05) is 24.3 Å². The van der Waals surface area contributed by atoms with E-state index >= 15 is 0 Å². The third kappa shape index (κ3) is 2.88. The molecule has 0 radical (unpaired) electrons. The highest BCUT2D eigenvalue weighted by Crippen LogP contribution is 2.26. The number of aryl methyl sites for hydroxylation is 1. The van der Waals surface area contributed by atoms with Crippen LogP contribution in [0.5, 0.6) is 0 Å². The Bertz CT molecular complexity index is 736. The first-order chi connectivity index (χ1) is 10.1. The maximum atomic E-state index is 6.58. The fourth-order valence-corrected chi connectivity index (χ4v) is 2.82. The first-order valence-electron chi connectivity index (χ1n) is 6.96. The van der Waals surface area contributed by atoms with E-state index in [1.54, 1.807) is 0 Å². The molecule has 0 saturated heterocycles. The van der Waals surface area contributed by atoms with Gasteiger partial charge in [-0.05, 0) is 29.8 Å². The maximum Gasteiger partial charge on any atom is 0.0955 e. The van der Waals surface area contributed by atoms with E-state index in [2.05, 4.69) is 47.3 Å². The first kappa shape index (κ1) is 14.0. The number of halogens is 1. The molecule has 0 saturated carbocycles. The van der Waals surface area contributed by atoms with Crippen LogP contribution in [0, 0.1) is 0 Å². The second kappa shape index (κ2) is 5.78. The monoisotopic (exact) mass is 299 g/mol. The normalized spacial score (nSPS) is 12.5. The molecule has 1 aromatic heterocycles. The molecular formula is C17H18ClN3. The van der Waals surface area contributed by atoms with Crippen molar-refractivity contribution < 1.29 is 0 Å². The average molecular weight is 300 g/mol. The van der Waals surface area contributed by atoms with Gasteiger partial charge in [-0.3, -0.25) is 0 Å². The predicted octanol–water partition coefficient (Wildman–Crippen LogP) is 3.99. The van der Waals surface area contributed by atoms with Gasteiger partial charge in [0.2, 0.25) is 0 Å². The van der Waals surface area contributed by atoms with E-state index in [1.807, 2.05) is 36.1 Å². The Kier molecular flexibility index (Phi) is 3.84. The maximum absolute atomic E-state index is 6.58. The summed E-state index contributed by atoms with van der Waals surface area (Å²) >= 11 is 6.58. The van der Waals surface area contributed by atoms with Crippen LogP contribution in [-0.4, -0.2) is 23.1 Å². The fourth-order valence-electron chi connectivity index (χ4n) is 2.48. The van der Waals surface area contributed by atoms with Crippen LogP contribution >= 0.6 is 11.6 Å². The third-order valence-electron chi connectivity index (χ3n) is 3.74. The van der Waals surface area contributed by atoms with Gasteiger partial charge in [-0.25, -0.2) is 4.98 Å². The average Bonchev–Trinajstić information content (AvgIpc) is 2.89. The molecule has 0 aliphatic carbocycles. The van der Waals surface area contributed by atoms with E-state index in [4.69, 9.17) is 11.6 Å². The van der Waals surface area contributed by atoms with Gasteiger partial charge in [0.15, 0.2) is 0 Å². The molecule has 0 N–H and O–H groups in total. The zero-order valence-corrected chi connectivity index (χ0v) is 13.0. The Hall–Kier alpha value is -2.00. The van der Waals surface area contributed by atoms with E-state index in [0.29, 0.717) is 0 Å². The van der Waals surface area contributed by atoms with Crippen LogP contribution in [0.15, 0.2) is 54.9 Å². The Morgan fingerprint density at radius 1 is 1.19 bits per heavy atom. The van der Waals surface area contributed by atoms with Crippen LogP contribution in [-0.2, 0) is 7.05 Å². The number of nitrogens with zero attached hydrogens (tertiary/aromatic N) is 3. The van der Waals surface area contributed by atoms with Crippen LogP contribution < -0.4 is 4.90 Å². The minimum absolute atomic E-state index is 0.0680. The van der Waals surface area contributed by atoms with Crippen molar-refractivity contribution in [2.45, 2.75) is 5.38 Å². The van der Waals surface area contributed by atoms with Gasteiger partial charge in [0, 0.05) is 26.3 Å². The first-order valence-corrected chi connectivity index (χ1v) is 7.40. The molecule has 0 amide bonds. The fraction of sp³-hybridized carbons (Fsp3) is 0.235. The third-order valence-corrected chi connectivity index (χ3v) is 4.13. The van der Waals surface area contributed by atoms with Crippen molar-refractivity contribution in [3.05, 3.63) is 60.4 Å². The Morgan fingerprint density at radius 2 is 1.95 bits per heavy atom. The van der Waals surface area contributed by atoms with Crippen LogP contribution in [0.3, 0.4) is 0 Å². The smallest absolute Gasteiger partial charge is 0.0955 e. The van der Waals surface area contributed by atoms with Gasteiger partial charge in [0.25, 0.3) is 0 Å². The number of fused-ring (bicyclic) bond motifs is 1. The molecule has 4 heteroatoms. The second-order valence-electron chi connectivity index (χ2n) is 5.29. The minimum atomic E-state index is -0.0680. The summed E-state index contributed by atoms with van der Waals surface area (Å²) in [7, 11) is 4.06. The lowest BCUT2D eigenvalue weighted by Gasteiger charge is -2.22. The van der Waals surface area contributed by atoms with Crippen molar-refractivity contribution in [2.24, 2.45) is 7.05 Å². The highest BCUT2D eigenvalue weighted by molar-refractivity contribution is 6.21. The van der Waals surface area contributed by atoms with Gasteiger partial charge < -0.3 is 9.47 Å². The SMILES string of the molecule is CN(CC(Cl)c1ccc2c(c1)ncn2C)c1ccccc1. The molecule has 1 unspecified atom stereocenters. The molecule has 2 aromatic carbocycles. The summed E-state index contributed by atoms with van der Waals surface area (Å²) in [5.74, 6) is 0. The highest BCUT2D eigenvalue weighted by Gasteiger charge is 2.13. The van der Waals surface area contributed by atoms with E-state index in [1.165, 1.54) is 5.69 Å². The molecule has 3 aromatic rings. The molecule has 1 atom stereocenters. The molecule has 0 spiro atoms. The van der Waals surface area contributed by atoms with Crippen molar-refractivity contribution in [3.8, 4) is 0 Å². The summed E-state index contributed by atoms with van der Waals surface area (Å²) in [4.78, 5) is 6.56. The number of rotatable bonds is 4. The van der Waals surface area contributed by atoms with Crippen molar-refractivity contribution in [1.82, 2.24) is 9.55 Å². The highest BCUT2D eigenvalue weighted by atomic mass is 35.5. The Balaban J connectivity index is 1.78. The summed E-state index contributed by atoms with van der Waals surface area (Å²) in [5, 5.41) is -0.0680. The van der Waals surface area contributed by atoms with Crippen molar-refractivity contribution in [1.29, 1.82) is 0 Å². The van der Waals surface area contributed by atoms with Gasteiger partial charge in [0.05, 0.1) is 22.7 Å². The van der Waals surface area contributed by atoms with Crippen molar-refractivity contribution in [2.75, 3.05) is 18.5 Å². The van der Waals surface area contributed by atoms with Crippen LogP contribution in [0.25, 0.3) is 11.0 Å². The zero-order chi connectivity index (χ0) is 14.8. The van der Waals surface area contributed by atoms with Crippen LogP contribution in [0.4, 0.5) is 5.69 Å². The number of anilines is 1. The summed E-state index contributed by atoms with van der Waals surface area (Å²) < 4.78 is 2.01. The minimum Gasteiger partial charge on any atom is -0.373 e. The number of imidazole rings is 1. The number of benzene rings is 2.